The van der Waals surface area contributed by atoms with E-state index in [-0.39, 0.29) is 11.9 Å². The lowest BCUT2D eigenvalue weighted by Crippen LogP contribution is -2.33. The van der Waals surface area contributed by atoms with E-state index < -0.39 is 0 Å². The lowest BCUT2D eigenvalue weighted by atomic mass is 10.1. The molecule has 5 heteroatoms. The van der Waals surface area contributed by atoms with E-state index in [9.17, 15) is 4.79 Å². The topological polar surface area (TPSA) is 47.6 Å². The molecule has 0 aliphatic rings. The molecule has 24 heavy (non-hydrogen) atoms. The van der Waals surface area contributed by atoms with Gasteiger partial charge >= 0.3 is 0 Å². The highest BCUT2D eigenvalue weighted by molar-refractivity contribution is 9.10. The van der Waals surface area contributed by atoms with E-state index in [0.717, 1.165) is 12.8 Å². The van der Waals surface area contributed by atoms with Crippen LogP contribution in [0, 0.1) is 0 Å². The number of ether oxygens (including phenoxy) is 2. The highest BCUT2D eigenvalue weighted by atomic mass is 79.9. The van der Waals surface area contributed by atoms with Crippen LogP contribution in [0.25, 0.3) is 0 Å². The van der Waals surface area contributed by atoms with Gasteiger partial charge in [-0.05, 0) is 53.4 Å². The number of aryl methyl sites for hydroxylation is 1. The first kappa shape index (κ1) is 18.3. The molecule has 0 heterocycles. The number of amides is 1. The molecule has 1 N–H and O–H groups in total. The summed E-state index contributed by atoms with van der Waals surface area (Å²) in [6, 6.07) is 13.7. The average Bonchev–Trinajstić information content (AvgIpc) is 2.60. The van der Waals surface area contributed by atoms with Gasteiger partial charge in [-0.15, -0.1) is 0 Å². The maximum atomic E-state index is 12.6. The van der Waals surface area contributed by atoms with E-state index in [2.05, 4.69) is 33.4 Å². The second kappa shape index (κ2) is 8.73. The second-order valence-corrected chi connectivity index (χ2v) is 6.44. The fraction of sp³-hybridized carbons (Fsp3) is 0.316. The minimum Gasteiger partial charge on any atom is -0.497 e. The maximum absolute atomic E-state index is 12.6. The molecule has 1 amide bonds. The second-order valence-electron chi connectivity index (χ2n) is 5.59. The van der Waals surface area contributed by atoms with Crippen LogP contribution in [0.1, 0.15) is 29.3 Å². The van der Waals surface area contributed by atoms with Crippen LogP contribution in [0.3, 0.4) is 0 Å². The minimum absolute atomic E-state index is 0.0485. The highest BCUT2D eigenvalue weighted by Gasteiger charge is 2.18. The third-order valence-corrected chi connectivity index (χ3v) is 4.38. The fourth-order valence-electron chi connectivity index (χ4n) is 2.46. The van der Waals surface area contributed by atoms with Crippen LogP contribution in [0.2, 0.25) is 0 Å². The number of halogens is 1. The van der Waals surface area contributed by atoms with Crippen molar-refractivity contribution < 1.29 is 14.3 Å². The van der Waals surface area contributed by atoms with Crippen LogP contribution >= 0.6 is 15.9 Å². The summed E-state index contributed by atoms with van der Waals surface area (Å²) in [5.41, 5.74) is 1.72. The molecule has 2 aromatic carbocycles. The lowest BCUT2D eigenvalue weighted by Gasteiger charge is -2.17. The maximum Gasteiger partial charge on any atom is 0.255 e. The summed E-state index contributed by atoms with van der Waals surface area (Å²) in [7, 11) is 3.11. The third kappa shape index (κ3) is 4.74. The molecular formula is C19H22BrNO3. The van der Waals surface area contributed by atoms with Crippen LogP contribution < -0.4 is 14.8 Å². The zero-order chi connectivity index (χ0) is 17.5. The van der Waals surface area contributed by atoms with Gasteiger partial charge in [0, 0.05) is 6.04 Å². The molecule has 0 bridgehead atoms. The molecule has 0 saturated heterocycles. The molecule has 0 saturated carbocycles. The van der Waals surface area contributed by atoms with Crippen molar-refractivity contribution in [3.63, 3.8) is 0 Å². The summed E-state index contributed by atoms with van der Waals surface area (Å²) >= 11 is 3.41. The monoisotopic (exact) mass is 391 g/mol. The van der Waals surface area contributed by atoms with Crippen molar-refractivity contribution in [1.82, 2.24) is 5.32 Å². The highest BCUT2D eigenvalue weighted by Crippen LogP contribution is 2.33. The van der Waals surface area contributed by atoms with Gasteiger partial charge in [0.1, 0.15) is 11.5 Å². The molecule has 0 radical (unpaired) electrons. The summed E-state index contributed by atoms with van der Waals surface area (Å²) in [5.74, 6) is 0.931. The fourth-order valence-corrected chi connectivity index (χ4v) is 3.07. The van der Waals surface area contributed by atoms with Crippen molar-refractivity contribution in [2.24, 2.45) is 0 Å². The van der Waals surface area contributed by atoms with Gasteiger partial charge in [0.15, 0.2) is 0 Å². The van der Waals surface area contributed by atoms with E-state index in [4.69, 9.17) is 9.47 Å². The Hall–Kier alpha value is -2.01. The Labute approximate surface area is 151 Å². The van der Waals surface area contributed by atoms with E-state index >= 15 is 0 Å². The van der Waals surface area contributed by atoms with Crippen LogP contribution in [0.5, 0.6) is 11.5 Å². The largest absolute Gasteiger partial charge is 0.497 e. The molecule has 2 aromatic rings. The Balaban J connectivity index is 2.04. The van der Waals surface area contributed by atoms with Crippen molar-refractivity contribution in [3.8, 4) is 11.5 Å². The van der Waals surface area contributed by atoms with Crippen molar-refractivity contribution in [3.05, 3.63) is 58.1 Å². The molecule has 128 valence electrons. The van der Waals surface area contributed by atoms with E-state index in [0.29, 0.717) is 21.5 Å². The molecule has 0 aliphatic heterocycles. The van der Waals surface area contributed by atoms with Crippen molar-refractivity contribution >= 4 is 21.8 Å². The SMILES string of the molecule is COc1cc(Br)c(OC)c(C(=O)NC(C)CCc2ccccc2)c1. The zero-order valence-electron chi connectivity index (χ0n) is 14.1. The number of carbonyl (C=O) groups excluding carboxylic acids is 1. The molecule has 0 fully saturated rings. The minimum atomic E-state index is -0.174. The van der Waals surface area contributed by atoms with Crippen LogP contribution in [0.15, 0.2) is 46.9 Å². The van der Waals surface area contributed by atoms with Crippen molar-refractivity contribution in [1.29, 1.82) is 0 Å². The summed E-state index contributed by atoms with van der Waals surface area (Å²) in [4.78, 5) is 12.6. The number of hydrogen-bond donors (Lipinski definition) is 1. The zero-order valence-corrected chi connectivity index (χ0v) is 15.7. The number of rotatable bonds is 7. The summed E-state index contributed by atoms with van der Waals surface area (Å²) < 4.78 is 11.3. The van der Waals surface area contributed by atoms with E-state index in [1.165, 1.54) is 5.56 Å². The van der Waals surface area contributed by atoms with E-state index in [1.807, 2.05) is 25.1 Å². The Bertz CT molecular complexity index is 689. The third-order valence-electron chi connectivity index (χ3n) is 3.79. The van der Waals surface area contributed by atoms with Gasteiger partial charge < -0.3 is 14.8 Å². The van der Waals surface area contributed by atoms with Gasteiger partial charge in [-0.3, -0.25) is 4.79 Å². The van der Waals surface area contributed by atoms with Crippen molar-refractivity contribution in [2.75, 3.05) is 14.2 Å². The first-order valence-corrected chi connectivity index (χ1v) is 8.60. The molecule has 2 rings (SSSR count). The van der Waals surface area contributed by atoms with Gasteiger partial charge in [0.2, 0.25) is 0 Å². The summed E-state index contributed by atoms with van der Waals surface area (Å²) in [6.07, 6.45) is 1.78. The molecule has 1 unspecified atom stereocenters. The Morgan fingerprint density at radius 2 is 1.88 bits per heavy atom. The predicted octanol–water partition coefficient (Wildman–Crippen LogP) is 4.22. The van der Waals surface area contributed by atoms with Crippen LogP contribution in [-0.4, -0.2) is 26.2 Å². The van der Waals surface area contributed by atoms with Gasteiger partial charge in [-0.1, -0.05) is 30.3 Å². The Kier molecular flexibility index (Phi) is 6.67. The number of carbonyl (C=O) groups is 1. The molecule has 0 aromatic heterocycles. The van der Waals surface area contributed by atoms with E-state index in [1.54, 1.807) is 26.4 Å². The normalized spacial score (nSPS) is 11.7. The van der Waals surface area contributed by atoms with Crippen LogP contribution in [0.4, 0.5) is 0 Å². The Morgan fingerprint density at radius 3 is 2.50 bits per heavy atom. The molecule has 4 nitrogen and oxygen atoms in total. The molecule has 0 spiro atoms. The summed E-state index contributed by atoms with van der Waals surface area (Å²) in [6.45, 7) is 2.00. The molecule has 1 atom stereocenters. The lowest BCUT2D eigenvalue weighted by molar-refractivity contribution is 0.0935. The standard InChI is InChI=1S/C19H22BrNO3/c1-13(9-10-14-7-5-4-6-8-14)21-19(22)16-11-15(23-2)12-17(20)18(16)24-3/h4-8,11-13H,9-10H2,1-3H3,(H,21,22). The first-order chi connectivity index (χ1) is 11.5. The van der Waals surface area contributed by atoms with Crippen LogP contribution in [-0.2, 0) is 6.42 Å². The van der Waals surface area contributed by atoms with Gasteiger partial charge in [0.05, 0.1) is 24.3 Å². The summed E-state index contributed by atoms with van der Waals surface area (Å²) in [5, 5.41) is 3.02. The number of nitrogens with one attached hydrogen (secondary N) is 1. The number of hydrogen-bond acceptors (Lipinski definition) is 3. The average molecular weight is 392 g/mol. The number of benzene rings is 2. The quantitative estimate of drug-likeness (QED) is 0.768. The number of methoxy groups -OCH3 is 2. The predicted molar refractivity (Wildman–Crippen MR) is 98.9 cm³/mol. The molecular weight excluding hydrogens is 370 g/mol. The first-order valence-electron chi connectivity index (χ1n) is 7.81. The van der Waals surface area contributed by atoms with Gasteiger partial charge in [-0.2, -0.15) is 0 Å². The molecule has 0 aliphatic carbocycles. The Morgan fingerprint density at radius 1 is 1.17 bits per heavy atom. The van der Waals surface area contributed by atoms with Gasteiger partial charge in [-0.25, -0.2) is 0 Å². The van der Waals surface area contributed by atoms with Gasteiger partial charge in [0.25, 0.3) is 5.91 Å². The smallest absolute Gasteiger partial charge is 0.255 e. The van der Waals surface area contributed by atoms with Crippen molar-refractivity contribution in [2.45, 2.75) is 25.8 Å².